The second kappa shape index (κ2) is 9.23. The van der Waals surface area contributed by atoms with Crippen LogP contribution in [0.25, 0.3) is 0 Å². The van der Waals surface area contributed by atoms with Crippen LogP contribution in [0, 0.1) is 22.7 Å². The summed E-state index contributed by atoms with van der Waals surface area (Å²) in [7, 11) is 0. The molecule has 3 fully saturated rings. The van der Waals surface area contributed by atoms with Crippen molar-refractivity contribution in [1.82, 2.24) is 4.90 Å². The number of nitrogens with one attached hydrogen (secondary N) is 1. The van der Waals surface area contributed by atoms with E-state index in [1.165, 1.54) is 6.07 Å². The molecule has 2 aromatic carbocycles. The number of anilines is 2. The number of carboxylic acids is 1. The van der Waals surface area contributed by atoms with Crippen molar-refractivity contribution in [3.8, 4) is 0 Å². The lowest BCUT2D eigenvalue weighted by atomic mass is 9.72. The molecule has 3 aliphatic heterocycles. The minimum absolute atomic E-state index is 0.0424. The first kappa shape index (κ1) is 28.1. The number of benzene rings is 2. The van der Waals surface area contributed by atoms with Crippen molar-refractivity contribution in [3.05, 3.63) is 56.0 Å². The Kier molecular flexibility index (Phi) is 6.49. The first-order valence-electron chi connectivity index (χ1n) is 13.2. The average Bonchev–Trinajstić information content (AvgIpc) is 3.26. The van der Waals surface area contributed by atoms with E-state index in [2.05, 4.69) is 5.32 Å². The molecular weight excluding hydrogens is 596 g/mol. The number of hydrogen-bond donors (Lipinski definition) is 2. The van der Waals surface area contributed by atoms with Crippen LogP contribution in [0.15, 0.2) is 30.3 Å². The van der Waals surface area contributed by atoms with Crippen molar-refractivity contribution in [2.24, 2.45) is 22.7 Å². The van der Waals surface area contributed by atoms with Crippen molar-refractivity contribution in [2.45, 2.75) is 51.6 Å². The molecule has 1 saturated carbocycles. The number of aliphatic carboxylic acids is 1. The molecule has 2 N–H and O–H groups in total. The smallest absolute Gasteiger partial charge is 0.310 e. The summed E-state index contributed by atoms with van der Waals surface area (Å²) in [4.78, 5) is 45.7. The number of amides is 2. The minimum atomic E-state index is -1.63. The maximum Gasteiger partial charge on any atom is 0.310 e. The second-order valence-electron chi connectivity index (χ2n) is 12.9. The molecule has 4 aliphatic rings. The van der Waals surface area contributed by atoms with Crippen LogP contribution in [0.4, 0.5) is 11.4 Å². The number of carbonyl (C=O) groups is 3. The third-order valence-electron chi connectivity index (χ3n) is 8.84. The van der Waals surface area contributed by atoms with Gasteiger partial charge < -0.3 is 15.3 Å². The maximum absolute atomic E-state index is 14.8. The van der Waals surface area contributed by atoms with E-state index < -0.39 is 35.3 Å². The van der Waals surface area contributed by atoms with E-state index in [9.17, 15) is 19.5 Å². The summed E-state index contributed by atoms with van der Waals surface area (Å²) < 4.78 is 0. The molecule has 0 radical (unpaired) electrons. The van der Waals surface area contributed by atoms with Crippen LogP contribution in [0.2, 0.25) is 20.1 Å². The second-order valence-corrected chi connectivity index (χ2v) is 14.6. The van der Waals surface area contributed by atoms with Gasteiger partial charge in [0.1, 0.15) is 11.5 Å². The van der Waals surface area contributed by atoms with Gasteiger partial charge in [-0.3, -0.25) is 19.3 Å². The van der Waals surface area contributed by atoms with Gasteiger partial charge in [0.25, 0.3) is 5.91 Å². The molecule has 2 aromatic rings. The fraction of sp³-hybridized carbons (Fsp3) is 0.483. The topological polar surface area (TPSA) is 90.0 Å². The van der Waals surface area contributed by atoms with Crippen molar-refractivity contribution in [2.75, 3.05) is 23.3 Å². The lowest BCUT2D eigenvalue weighted by Crippen LogP contribution is -2.54. The first-order valence-corrected chi connectivity index (χ1v) is 14.8. The fourth-order valence-electron chi connectivity index (χ4n) is 7.22. The molecule has 7 nitrogen and oxygen atoms in total. The molecule has 2 spiro atoms. The Morgan fingerprint density at radius 1 is 1.05 bits per heavy atom. The van der Waals surface area contributed by atoms with Gasteiger partial charge in [-0.25, -0.2) is 0 Å². The Morgan fingerprint density at radius 3 is 2.25 bits per heavy atom. The predicted octanol–water partition coefficient (Wildman–Crippen LogP) is 6.71. The Balaban J connectivity index is 1.55. The summed E-state index contributed by atoms with van der Waals surface area (Å²) in [6.45, 7) is 6.79. The Hall–Kier alpha value is -2.03. The zero-order valence-electron chi connectivity index (χ0n) is 22.2. The molecule has 1 unspecified atom stereocenters. The van der Waals surface area contributed by atoms with Gasteiger partial charge in [-0.15, -0.1) is 0 Å². The summed E-state index contributed by atoms with van der Waals surface area (Å²) in [6.07, 6.45) is 2.57. The zero-order chi connectivity index (χ0) is 28.9. The number of hydrogen-bond acceptors (Lipinski definition) is 4. The van der Waals surface area contributed by atoms with Gasteiger partial charge in [0.15, 0.2) is 0 Å². The first-order chi connectivity index (χ1) is 18.7. The molecule has 40 heavy (non-hydrogen) atoms. The predicted molar refractivity (Wildman–Crippen MR) is 156 cm³/mol. The number of halogens is 4. The Morgan fingerprint density at radius 2 is 1.68 bits per heavy atom. The van der Waals surface area contributed by atoms with Gasteiger partial charge in [-0.1, -0.05) is 67.2 Å². The van der Waals surface area contributed by atoms with Crippen LogP contribution < -0.4 is 10.2 Å². The maximum atomic E-state index is 14.8. The van der Waals surface area contributed by atoms with Crippen molar-refractivity contribution >= 4 is 75.6 Å². The van der Waals surface area contributed by atoms with Crippen molar-refractivity contribution in [3.63, 3.8) is 0 Å². The molecule has 2 amide bonds. The van der Waals surface area contributed by atoms with Crippen molar-refractivity contribution < 1.29 is 19.5 Å². The monoisotopic (exact) mass is 623 g/mol. The summed E-state index contributed by atoms with van der Waals surface area (Å²) in [5.41, 5.74) is -0.778. The number of fused-ring (bicyclic) bond motifs is 4. The summed E-state index contributed by atoms with van der Waals surface area (Å²) in [5.74, 6) is -4.50. The highest BCUT2D eigenvalue weighted by Crippen LogP contribution is 2.66. The van der Waals surface area contributed by atoms with E-state index in [4.69, 9.17) is 46.4 Å². The van der Waals surface area contributed by atoms with Crippen LogP contribution in [0.3, 0.4) is 0 Å². The SMILES string of the molecule is CC(C)(C)CN(C(=O)C1[C@@H](C(=O)O)[C@]2(C(=O)Nc3c(Cl)cc(Cl)cc32)N2CC3(CC3)C[C@@H]12)c1cc(Cl)cc(Cl)c1. The van der Waals surface area contributed by atoms with Crippen LogP contribution in [-0.4, -0.2) is 46.9 Å². The molecule has 11 heteroatoms. The number of rotatable bonds is 4. The van der Waals surface area contributed by atoms with Gasteiger partial charge in [-0.2, -0.15) is 0 Å². The van der Waals surface area contributed by atoms with Gasteiger partial charge in [-0.05, 0) is 60.4 Å². The largest absolute Gasteiger partial charge is 0.481 e. The molecule has 0 bridgehead atoms. The third-order valence-corrected chi connectivity index (χ3v) is 9.79. The van der Waals surface area contributed by atoms with E-state index in [0.717, 1.165) is 12.8 Å². The van der Waals surface area contributed by atoms with E-state index in [-0.39, 0.29) is 28.3 Å². The average molecular weight is 625 g/mol. The molecule has 212 valence electrons. The third kappa shape index (κ3) is 4.23. The zero-order valence-corrected chi connectivity index (χ0v) is 25.3. The molecule has 3 heterocycles. The summed E-state index contributed by atoms with van der Waals surface area (Å²) >= 11 is 25.6. The van der Waals surface area contributed by atoms with Crippen molar-refractivity contribution in [1.29, 1.82) is 0 Å². The van der Waals surface area contributed by atoms with Gasteiger partial charge in [0.2, 0.25) is 5.91 Å². The van der Waals surface area contributed by atoms with Crippen LogP contribution in [-0.2, 0) is 19.9 Å². The lowest BCUT2D eigenvalue weighted by Gasteiger charge is -2.37. The minimum Gasteiger partial charge on any atom is -0.481 e. The molecule has 0 aromatic heterocycles. The fourth-order valence-corrected chi connectivity index (χ4v) is 8.27. The molecule has 1 aliphatic carbocycles. The lowest BCUT2D eigenvalue weighted by molar-refractivity contribution is -0.152. The highest BCUT2D eigenvalue weighted by atomic mass is 35.5. The normalized spacial score (nSPS) is 28.1. The van der Waals surface area contributed by atoms with E-state index in [1.54, 1.807) is 29.2 Å². The highest BCUT2D eigenvalue weighted by molar-refractivity contribution is 6.38. The number of carbonyl (C=O) groups excluding carboxylic acids is 2. The molecular formula is C29H29Cl4N3O4. The van der Waals surface area contributed by atoms with E-state index in [0.29, 0.717) is 45.0 Å². The Bertz CT molecular complexity index is 1450. The standard InChI is InChI=1S/C29H29Cl4N3O4/c1-27(2,3)12-35(17-7-14(30)6-15(31)8-17)24(37)21-20-11-28(4-5-28)13-36(20)29(22(21)25(38)39)18-9-16(32)10-19(33)23(18)34-26(29)40/h6-10,20-22H,4-5,11-13H2,1-3H3,(H,34,40)(H,38,39)/t20-,21?,22-,29+/m0/s1. The van der Waals surface area contributed by atoms with Crippen LogP contribution in [0.5, 0.6) is 0 Å². The quantitative estimate of drug-likeness (QED) is 0.394. The van der Waals surface area contributed by atoms with E-state index in [1.807, 2.05) is 25.7 Å². The molecule has 4 atom stereocenters. The number of nitrogens with zero attached hydrogens (tertiary/aromatic N) is 2. The Labute approximate surface area is 252 Å². The summed E-state index contributed by atoms with van der Waals surface area (Å²) in [5, 5.41) is 14.9. The number of carboxylic acid groups (broad SMARTS) is 1. The van der Waals surface area contributed by atoms with Crippen LogP contribution >= 0.6 is 46.4 Å². The van der Waals surface area contributed by atoms with Gasteiger partial charge in [0, 0.05) is 45.5 Å². The summed E-state index contributed by atoms with van der Waals surface area (Å²) in [6, 6.07) is 7.56. The van der Waals surface area contributed by atoms with Crippen LogP contribution in [0.1, 0.15) is 45.6 Å². The molecule has 6 rings (SSSR count). The molecule has 2 saturated heterocycles. The van der Waals surface area contributed by atoms with Gasteiger partial charge >= 0.3 is 5.97 Å². The highest BCUT2D eigenvalue weighted by Gasteiger charge is 2.75. The van der Waals surface area contributed by atoms with Gasteiger partial charge in [0.05, 0.1) is 16.6 Å². The van der Waals surface area contributed by atoms with E-state index >= 15 is 0 Å².